The van der Waals surface area contributed by atoms with E-state index in [1.807, 2.05) is 24.3 Å². The monoisotopic (exact) mass is 267 g/mol. The molecular weight excluding hydrogens is 253 g/mol. The summed E-state index contributed by atoms with van der Waals surface area (Å²) in [7, 11) is 0. The van der Waals surface area contributed by atoms with E-state index in [4.69, 9.17) is 0 Å². The van der Waals surface area contributed by atoms with Crippen LogP contribution in [0.1, 0.15) is 18.1 Å². The van der Waals surface area contributed by atoms with Crippen LogP contribution in [0.25, 0.3) is 10.8 Å². The molecule has 0 radical (unpaired) electrons. The molecule has 1 atom stereocenters. The SMILES string of the molecule is CC(O)(c1ccc(F)cc1)c1cccc2cnccc12. The van der Waals surface area contributed by atoms with E-state index in [1.54, 1.807) is 31.5 Å². The Balaban J connectivity index is 2.20. The van der Waals surface area contributed by atoms with E-state index in [0.29, 0.717) is 5.56 Å². The van der Waals surface area contributed by atoms with Gasteiger partial charge in [-0.3, -0.25) is 4.98 Å². The number of nitrogens with zero attached hydrogens (tertiary/aromatic N) is 1. The second-order valence-corrected chi connectivity index (χ2v) is 4.98. The summed E-state index contributed by atoms with van der Waals surface area (Å²) in [4.78, 5) is 4.09. The molecule has 0 aliphatic carbocycles. The third-order valence-corrected chi connectivity index (χ3v) is 3.61. The number of benzene rings is 2. The van der Waals surface area contributed by atoms with Crippen molar-refractivity contribution in [2.45, 2.75) is 12.5 Å². The lowest BCUT2D eigenvalue weighted by molar-refractivity contribution is 0.104. The maximum atomic E-state index is 13.0. The first kappa shape index (κ1) is 12.8. The Morgan fingerprint density at radius 2 is 1.80 bits per heavy atom. The van der Waals surface area contributed by atoms with Gasteiger partial charge in [0.1, 0.15) is 11.4 Å². The van der Waals surface area contributed by atoms with Gasteiger partial charge in [0.15, 0.2) is 0 Å². The maximum Gasteiger partial charge on any atom is 0.123 e. The lowest BCUT2D eigenvalue weighted by Gasteiger charge is -2.26. The highest BCUT2D eigenvalue weighted by molar-refractivity contribution is 5.86. The quantitative estimate of drug-likeness (QED) is 0.769. The molecule has 0 aliphatic heterocycles. The predicted octanol–water partition coefficient (Wildman–Crippen LogP) is 3.63. The van der Waals surface area contributed by atoms with Crippen molar-refractivity contribution < 1.29 is 9.50 Å². The molecule has 0 saturated heterocycles. The Hall–Kier alpha value is -2.26. The third kappa shape index (κ3) is 2.06. The normalized spacial score (nSPS) is 14.2. The highest BCUT2D eigenvalue weighted by Gasteiger charge is 2.27. The molecule has 0 spiro atoms. The van der Waals surface area contributed by atoms with Crippen molar-refractivity contribution in [3.63, 3.8) is 0 Å². The van der Waals surface area contributed by atoms with Crippen LogP contribution in [0.15, 0.2) is 60.9 Å². The summed E-state index contributed by atoms with van der Waals surface area (Å²) in [5.41, 5.74) is 0.251. The number of aliphatic hydroxyl groups is 1. The van der Waals surface area contributed by atoms with Gasteiger partial charge in [0.2, 0.25) is 0 Å². The number of aromatic nitrogens is 1. The van der Waals surface area contributed by atoms with Gasteiger partial charge in [0.25, 0.3) is 0 Å². The van der Waals surface area contributed by atoms with Crippen LogP contribution in [-0.2, 0) is 5.60 Å². The van der Waals surface area contributed by atoms with E-state index in [1.165, 1.54) is 12.1 Å². The van der Waals surface area contributed by atoms with E-state index >= 15 is 0 Å². The first-order valence-corrected chi connectivity index (χ1v) is 6.41. The summed E-state index contributed by atoms with van der Waals surface area (Å²) in [6.07, 6.45) is 3.46. The number of hydrogen-bond acceptors (Lipinski definition) is 2. The van der Waals surface area contributed by atoms with Crippen LogP contribution in [0.3, 0.4) is 0 Å². The fraction of sp³-hybridized carbons (Fsp3) is 0.118. The van der Waals surface area contributed by atoms with Gasteiger partial charge in [-0.05, 0) is 41.6 Å². The molecular formula is C17H14FNO. The topological polar surface area (TPSA) is 33.1 Å². The Kier molecular flexibility index (Phi) is 2.99. The second kappa shape index (κ2) is 4.69. The van der Waals surface area contributed by atoms with Crippen molar-refractivity contribution in [3.05, 3.63) is 77.9 Å². The summed E-state index contributed by atoms with van der Waals surface area (Å²) in [6.45, 7) is 1.72. The summed E-state index contributed by atoms with van der Waals surface area (Å²) in [5.74, 6) is -0.313. The lowest BCUT2D eigenvalue weighted by atomic mass is 9.85. The largest absolute Gasteiger partial charge is 0.381 e. The van der Waals surface area contributed by atoms with Gasteiger partial charge in [0.05, 0.1) is 0 Å². The third-order valence-electron chi connectivity index (χ3n) is 3.61. The van der Waals surface area contributed by atoms with Gasteiger partial charge in [0, 0.05) is 17.8 Å². The zero-order valence-corrected chi connectivity index (χ0v) is 11.0. The van der Waals surface area contributed by atoms with Gasteiger partial charge in [-0.1, -0.05) is 30.3 Å². The molecule has 3 rings (SSSR count). The molecule has 0 aliphatic rings. The lowest BCUT2D eigenvalue weighted by Crippen LogP contribution is -2.23. The fourth-order valence-electron chi connectivity index (χ4n) is 2.48. The highest BCUT2D eigenvalue weighted by Crippen LogP contribution is 2.33. The molecule has 0 fully saturated rings. The molecule has 3 heteroatoms. The summed E-state index contributed by atoms with van der Waals surface area (Å²) in [5, 5.41) is 12.8. The smallest absolute Gasteiger partial charge is 0.123 e. The van der Waals surface area contributed by atoms with Crippen molar-refractivity contribution in [1.29, 1.82) is 0 Å². The van der Waals surface area contributed by atoms with Gasteiger partial charge >= 0.3 is 0 Å². The van der Waals surface area contributed by atoms with E-state index in [9.17, 15) is 9.50 Å². The molecule has 1 N–H and O–H groups in total. The molecule has 0 amide bonds. The highest BCUT2D eigenvalue weighted by atomic mass is 19.1. The number of pyridine rings is 1. The van der Waals surface area contributed by atoms with Gasteiger partial charge in [-0.25, -0.2) is 4.39 Å². The van der Waals surface area contributed by atoms with Crippen LogP contribution in [0.5, 0.6) is 0 Å². The minimum Gasteiger partial charge on any atom is -0.381 e. The molecule has 0 bridgehead atoms. The number of fused-ring (bicyclic) bond motifs is 1. The van der Waals surface area contributed by atoms with E-state index in [2.05, 4.69) is 4.98 Å². The minimum absolute atomic E-state index is 0.313. The van der Waals surface area contributed by atoms with Gasteiger partial charge in [-0.15, -0.1) is 0 Å². The van der Waals surface area contributed by atoms with Crippen molar-refractivity contribution in [2.24, 2.45) is 0 Å². The second-order valence-electron chi connectivity index (χ2n) is 4.98. The summed E-state index contributed by atoms with van der Waals surface area (Å²) >= 11 is 0. The summed E-state index contributed by atoms with van der Waals surface area (Å²) < 4.78 is 13.0. The molecule has 1 unspecified atom stereocenters. The van der Waals surface area contributed by atoms with Gasteiger partial charge < -0.3 is 5.11 Å². The molecule has 20 heavy (non-hydrogen) atoms. The van der Waals surface area contributed by atoms with Crippen LogP contribution in [-0.4, -0.2) is 10.1 Å². The Labute approximate surface area is 116 Å². The zero-order chi connectivity index (χ0) is 14.2. The number of halogens is 1. The van der Waals surface area contributed by atoms with E-state index < -0.39 is 5.60 Å². The molecule has 2 nitrogen and oxygen atoms in total. The molecule has 100 valence electrons. The Bertz CT molecular complexity index is 745. The fourth-order valence-corrected chi connectivity index (χ4v) is 2.48. The molecule has 0 saturated carbocycles. The van der Waals surface area contributed by atoms with E-state index in [-0.39, 0.29) is 5.82 Å². The molecule has 3 aromatic rings. The van der Waals surface area contributed by atoms with Crippen LogP contribution in [0.4, 0.5) is 4.39 Å². The standard InChI is InChI=1S/C17H14FNO/c1-17(20,13-5-7-14(18)8-6-13)16-4-2-3-12-11-19-10-9-15(12)16/h2-11,20H,1H3. The maximum absolute atomic E-state index is 13.0. The first-order valence-electron chi connectivity index (χ1n) is 6.41. The minimum atomic E-state index is -1.19. The van der Waals surface area contributed by atoms with E-state index in [0.717, 1.165) is 16.3 Å². The average Bonchev–Trinajstić information content (AvgIpc) is 2.47. The van der Waals surface area contributed by atoms with Crippen LogP contribution in [0.2, 0.25) is 0 Å². The number of hydrogen-bond donors (Lipinski definition) is 1. The van der Waals surface area contributed by atoms with Gasteiger partial charge in [-0.2, -0.15) is 0 Å². The molecule has 2 aromatic carbocycles. The van der Waals surface area contributed by atoms with Crippen LogP contribution in [0, 0.1) is 5.82 Å². The summed E-state index contributed by atoms with van der Waals surface area (Å²) in [6, 6.07) is 13.5. The van der Waals surface area contributed by atoms with Crippen molar-refractivity contribution >= 4 is 10.8 Å². The molecule has 1 heterocycles. The average molecular weight is 267 g/mol. The van der Waals surface area contributed by atoms with Crippen LogP contribution >= 0.6 is 0 Å². The van der Waals surface area contributed by atoms with Crippen molar-refractivity contribution in [2.75, 3.05) is 0 Å². The number of rotatable bonds is 2. The van der Waals surface area contributed by atoms with Crippen LogP contribution < -0.4 is 0 Å². The Morgan fingerprint density at radius 3 is 2.55 bits per heavy atom. The predicted molar refractivity (Wildman–Crippen MR) is 76.8 cm³/mol. The Morgan fingerprint density at radius 1 is 1.05 bits per heavy atom. The van der Waals surface area contributed by atoms with Crippen molar-refractivity contribution in [1.82, 2.24) is 4.98 Å². The first-order chi connectivity index (χ1) is 9.59. The van der Waals surface area contributed by atoms with Crippen molar-refractivity contribution in [3.8, 4) is 0 Å². The molecule has 1 aromatic heterocycles. The zero-order valence-electron chi connectivity index (χ0n) is 11.0.